The van der Waals surface area contributed by atoms with Crippen LogP contribution in [-0.4, -0.2) is 53.2 Å². The molecule has 3 rings (SSSR count). The Balaban J connectivity index is 1.51. The van der Waals surface area contributed by atoms with Gasteiger partial charge in [0.15, 0.2) is 23.3 Å². The van der Waals surface area contributed by atoms with E-state index < -0.39 is 11.9 Å². The lowest BCUT2D eigenvalue weighted by atomic mass is 10.2. The lowest BCUT2D eigenvalue weighted by molar-refractivity contribution is -0.134. The second kappa shape index (κ2) is 8.15. The highest BCUT2D eigenvalue weighted by Gasteiger charge is 2.22. The molecule has 0 radical (unpaired) electrons. The summed E-state index contributed by atoms with van der Waals surface area (Å²) in [6.45, 7) is 0.963. The minimum atomic E-state index is -0.485. The molecular formula is C17H18N4O5. The molecule has 1 aliphatic heterocycles. The van der Waals surface area contributed by atoms with Gasteiger partial charge in [0.1, 0.15) is 6.61 Å². The van der Waals surface area contributed by atoms with Gasteiger partial charge in [-0.1, -0.05) is 23.4 Å². The van der Waals surface area contributed by atoms with Crippen LogP contribution >= 0.6 is 0 Å². The molecule has 0 saturated carbocycles. The first kappa shape index (κ1) is 17.5. The van der Waals surface area contributed by atoms with Gasteiger partial charge in [0.2, 0.25) is 0 Å². The van der Waals surface area contributed by atoms with E-state index >= 15 is 0 Å². The van der Waals surface area contributed by atoms with Crippen LogP contribution in [0.15, 0.2) is 42.6 Å². The highest BCUT2D eigenvalue weighted by molar-refractivity contribution is 5.92. The van der Waals surface area contributed by atoms with Crippen molar-refractivity contribution in [2.24, 2.45) is 0 Å². The van der Waals surface area contributed by atoms with Crippen LogP contribution in [0.25, 0.3) is 0 Å². The molecule has 0 bridgehead atoms. The highest BCUT2D eigenvalue weighted by atomic mass is 16.6. The molecule has 1 aromatic heterocycles. The number of hydrogen-bond donors (Lipinski definition) is 1. The van der Waals surface area contributed by atoms with Gasteiger partial charge >= 0.3 is 5.97 Å². The van der Waals surface area contributed by atoms with Crippen molar-refractivity contribution in [1.29, 1.82) is 0 Å². The third-order valence-corrected chi connectivity index (χ3v) is 3.57. The van der Waals surface area contributed by atoms with E-state index in [2.05, 4.69) is 20.4 Å². The Labute approximate surface area is 149 Å². The Bertz CT molecular complexity index is 817. The molecule has 1 amide bonds. The number of carbonyl (C=O) groups excluding carboxylic acids is 2. The molecule has 1 aromatic carbocycles. The normalized spacial score (nSPS) is 15.7. The number of nitrogens with zero attached hydrogens (tertiary/aromatic N) is 3. The topological polar surface area (TPSA) is 105 Å². The van der Waals surface area contributed by atoms with Crippen molar-refractivity contribution >= 4 is 11.9 Å². The summed E-state index contributed by atoms with van der Waals surface area (Å²) in [7, 11) is 1.28. The zero-order chi connectivity index (χ0) is 18.4. The largest absolute Gasteiger partial charge is 0.486 e. The molecule has 0 saturated heterocycles. The van der Waals surface area contributed by atoms with Crippen LogP contribution in [0.3, 0.4) is 0 Å². The predicted molar refractivity (Wildman–Crippen MR) is 89.9 cm³/mol. The number of rotatable bonds is 6. The number of amides is 1. The Morgan fingerprint density at radius 3 is 3.00 bits per heavy atom. The van der Waals surface area contributed by atoms with Gasteiger partial charge < -0.3 is 19.5 Å². The van der Waals surface area contributed by atoms with Crippen molar-refractivity contribution in [3.63, 3.8) is 0 Å². The molecule has 2 heterocycles. The molecule has 136 valence electrons. The van der Waals surface area contributed by atoms with E-state index in [9.17, 15) is 9.59 Å². The fourth-order valence-electron chi connectivity index (χ4n) is 2.32. The van der Waals surface area contributed by atoms with Crippen LogP contribution in [0.5, 0.6) is 11.5 Å². The van der Waals surface area contributed by atoms with E-state index in [0.29, 0.717) is 24.7 Å². The Hall–Kier alpha value is -3.36. The number of aromatic nitrogens is 3. The highest BCUT2D eigenvalue weighted by Crippen LogP contribution is 2.31. The zero-order valence-electron chi connectivity index (χ0n) is 14.1. The number of esters is 1. The zero-order valence-corrected chi connectivity index (χ0v) is 14.1. The number of methoxy groups -OCH3 is 1. The molecule has 1 atom stereocenters. The van der Waals surface area contributed by atoms with E-state index in [0.717, 1.165) is 0 Å². The van der Waals surface area contributed by atoms with Gasteiger partial charge in [-0.05, 0) is 12.1 Å². The van der Waals surface area contributed by atoms with Crippen molar-refractivity contribution in [1.82, 2.24) is 20.3 Å². The maximum Gasteiger partial charge on any atom is 0.330 e. The molecule has 1 N–H and O–H groups in total. The molecule has 9 nitrogen and oxygen atoms in total. The standard InChI is InChI=1S/C17H18N4O5/c1-24-16(22)7-4-8-18-17(23)13-10-21(20-19-13)9-12-11-25-14-5-2-3-6-15(14)26-12/h2-7,10,12H,8-9,11H2,1H3,(H,18,23)/b7-4+. The third kappa shape index (κ3) is 4.38. The van der Waals surface area contributed by atoms with Crippen molar-refractivity contribution in [3.05, 3.63) is 48.3 Å². The first-order chi connectivity index (χ1) is 12.7. The van der Waals surface area contributed by atoms with Gasteiger partial charge in [0.25, 0.3) is 5.91 Å². The lowest BCUT2D eigenvalue weighted by Crippen LogP contribution is -2.33. The summed E-state index contributed by atoms with van der Waals surface area (Å²) < 4.78 is 17.5. The summed E-state index contributed by atoms with van der Waals surface area (Å²) in [5, 5.41) is 10.4. The van der Waals surface area contributed by atoms with Crippen LogP contribution in [0, 0.1) is 0 Å². The van der Waals surface area contributed by atoms with Crippen molar-refractivity contribution in [2.75, 3.05) is 20.3 Å². The number of nitrogens with one attached hydrogen (secondary N) is 1. The SMILES string of the molecule is COC(=O)/C=C/CNC(=O)c1cn(CC2COc3ccccc3O2)nn1. The Kier molecular flexibility index (Phi) is 5.47. The fourth-order valence-corrected chi connectivity index (χ4v) is 2.32. The first-order valence-electron chi connectivity index (χ1n) is 7.97. The summed E-state index contributed by atoms with van der Waals surface area (Å²) >= 11 is 0. The van der Waals surface area contributed by atoms with E-state index in [1.54, 1.807) is 0 Å². The van der Waals surface area contributed by atoms with Gasteiger partial charge in [-0.25, -0.2) is 9.48 Å². The molecule has 0 aliphatic carbocycles. The third-order valence-electron chi connectivity index (χ3n) is 3.57. The van der Waals surface area contributed by atoms with Crippen LogP contribution in [0.2, 0.25) is 0 Å². The smallest absolute Gasteiger partial charge is 0.330 e. The number of benzene rings is 1. The van der Waals surface area contributed by atoms with Gasteiger partial charge in [0.05, 0.1) is 19.9 Å². The summed E-state index contributed by atoms with van der Waals surface area (Å²) in [5.41, 5.74) is 0.175. The molecule has 26 heavy (non-hydrogen) atoms. The molecule has 2 aromatic rings. The Morgan fingerprint density at radius 1 is 1.38 bits per heavy atom. The number of para-hydroxylation sites is 2. The molecular weight excluding hydrogens is 340 g/mol. The first-order valence-corrected chi connectivity index (χ1v) is 7.97. The van der Waals surface area contributed by atoms with Crippen molar-refractivity contribution in [2.45, 2.75) is 12.6 Å². The molecule has 9 heteroatoms. The summed E-state index contributed by atoms with van der Waals surface area (Å²) in [4.78, 5) is 22.9. The van der Waals surface area contributed by atoms with Gasteiger partial charge in [-0.15, -0.1) is 5.10 Å². The summed E-state index contributed by atoms with van der Waals surface area (Å²) in [6.07, 6.45) is 4.02. The van der Waals surface area contributed by atoms with Crippen molar-refractivity contribution < 1.29 is 23.8 Å². The summed E-state index contributed by atoms with van der Waals surface area (Å²) in [6, 6.07) is 7.43. The maximum absolute atomic E-state index is 12.0. The second-order valence-electron chi connectivity index (χ2n) is 5.46. The lowest BCUT2D eigenvalue weighted by Gasteiger charge is -2.26. The maximum atomic E-state index is 12.0. The predicted octanol–water partition coefficient (Wildman–Crippen LogP) is 0.577. The monoisotopic (exact) mass is 358 g/mol. The molecule has 1 unspecified atom stereocenters. The number of ether oxygens (including phenoxy) is 3. The minimum absolute atomic E-state index is 0.175. The average molecular weight is 358 g/mol. The van der Waals surface area contributed by atoms with E-state index in [-0.39, 0.29) is 18.3 Å². The van der Waals surface area contributed by atoms with Crippen molar-refractivity contribution in [3.8, 4) is 11.5 Å². The van der Waals surface area contributed by atoms with E-state index in [4.69, 9.17) is 9.47 Å². The van der Waals surface area contributed by atoms with Gasteiger partial charge in [-0.2, -0.15) is 0 Å². The van der Waals surface area contributed by atoms with E-state index in [1.807, 2.05) is 24.3 Å². The Morgan fingerprint density at radius 2 is 2.19 bits per heavy atom. The van der Waals surface area contributed by atoms with Gasteiger partial charge in [0, 0.05) is 12.6 Å². The number of carbonyl (C=O) groups is 2. The van der Waals surface area contributed by atoms with Crippen LogP contribution in [0.4, 0.5) is 0 Å². The molecule has 1 aliphatic rings. The average Bonchev–Trinajstić information content (AvgIpc) is 3.13. The van der Waals surface area contributed by atoms with Crippen LogP contribution in [0.1, 0.15) is 10.5 Å². The number of hydrogen-bond acceptors (Lipinski definition) is 7. The minimum Gasteiger partial charge on any atom is -0.486 e. The quantitative estimate of drug-likeness (QED) is 0.595. The summed E-state index contributed by atoms with van der Waals surface area (Å²) in [5.74, 6) is 0.514. The molecule has 0 fully saturated rings. The second-order valence-corrected chi connectivity index (χ2v) is 5.46. The molecule has 0 spiro atoms. The van der Waals surface area contributed by atoms with E-state index in [1.165, 1.54) is 30.1 Å². The fraction of sp³-hybridized carbons (Fsp3) is 0.294. The van der Waals surface area contributed by atoms with Gasteiger partial charge in [-0.3, -0.25) is 4.79 Å². The number of fused-ring (bicyclic) bond motifs is 1. The van der Waals surface area contributed by atoms with Crippen LogP contribution in [-0.2, 0) is 16.1 Å². The van der Waals surface area contributed by atoms with Crippen LogP contribution < -0.4 is 14.8 Å².